The predicted molar refractivity (Wildman–Crippen MR) is 119 cm³/mol. The largest absolute Gasteiger partial charge is 0.345 e. The molecule has 0 atom stereocenters. The van der Waals surface area contributed by atoms with Crippen LogP contribution in [0.4, 0.5) is 0 Å². The molecule has 4 aromatic heterocycles. The number of amides is 1. The predicted octanol–water partition coefficient (Wildman–Crippen LogP) is 0.406. The summed E-state index contributed by atoms with van der Waals surface area (Å²) in [6.07, 6.45) is 6.50. The molecule has 4 aromatic rings. The van der Waals surface area contributed by atoms with Gasteiger partial charge in [-0.25, -0.2) is 18.4 Å². The maximum atomic E-state index is 12.5. The highest BCUT2D eigenvalue weighted by Gasteiger charge is 2.11. The topological polar surface area (TPSA) is 127 Å². The highest BCUT2D eigenvalue weighted by molar-refractivity contribution is 7.90. The number of rotatable bonds is 8. The normalized spacial score (nSPS) is 11.8. The van der Waals surface area contributed by atoms with Crippen molar-refractivity contribution in [1.29, 1.82) is 0 Å². The third kappa shape index (κ3) is 5.18. The fourth-order valence-corrected chi connectivity index (χ4v) is 3.72. The standard InChI is InChI=1S/C21H22N6O4S/c1-32(30,31)9-7-22-11-15-5-6-18-24-16(14-26(18)13-15)12-23-21(29)17-10-20(28)27-8-3-2-4-19(27)25-17/h2-6,8,10,13-14,22H,7,9,11-12H2,1H3,(H,23,29). The monoisotopic (exact) mass is 454 g/mol. The van der Waals surface area contributed by atoms with E-state index in [4.69, 9.17) is 0 Å². The fraction of sp³-hybridized carbons (Fsp3) is 0.238. The average molecular weight is 455 g/mol. The van der Waals surface area contributed by atoms with Gasteiger partial charge in [-0.1, -0.05) is 12.1 Å². The Morgan fingerprint density at radius 1 is 1.06 bits per heavy atom. The summed E-state index contributed by atoms with van der Waals surface area (Å²) in [6.45, 7) is 1.08. The quantitative estimate of drug-likeness (QED) is 0.369. The molecule has 4 rings (SSSR count). The number of hydrogen-bond donors (Lipinski definition) is 2. The van der Waals surface area contributed by atoms with Gasteiger partial charge in [0.05, 0.1) is 18.0 Å². The van der Waals surface area contributed by atoms with Crippen molar-refractivity contribution >= 4 is 27.0 Å². The van der Waals surface area contributed by atoms with Crippen LogP contribution in [0.1, 0.15) is 21.7 Å². The molecular weight excluding hydrogens is 432 g/mol. The molecule has 0 aliphatic carbocycles. The van der Waals surface area contributed by atoms with E-state index in [-0.39, 0.29) is 23.6 Å². The smallest absolute Gasteiger partial charge is 0.270 e. The van der Waals surface area contributed by atoms with E-state index >= 15 is 0 Å². The lowest BCUT2D eigenvalue weighted by Crippen LogP contribution is -2.27. The highest BCUT2D eigenvalue weighted by atomic mass is 32.2. The van der Waals surface area contributed by atoms with Crippen molar-refractivity contribution in [2.45, 2.75) is 13.1 Å². The summed E-state index contributed by atoms with van der Waals surface area (Å²) in [5.74, 6) is -0.371. The molecule has 4 heterocycles. The maximum Gasteiger partial charge on any atom is 0.270 e. The number of imidazole rings is 1. The summed E-state index contributed by atoms with van der Waals surface area (Å²) < 4.78 is 25.6. The lowest BCUT2D eigenvalue weighted by Gasteiger charge is -2.05. The van der Waals surface area contributed by atoms with E-state index in [1.807, 2.05) is 22.7 Å². The molecule has 0 bridgehead atoms. The van der Waals surface area contributed by atoms with Crippen LogP contribution < -0.4 is 16.2 Å². The first-order valence-corrected chi connectivity index (χ1v) is 12.0. The second-order valence-electron chi connectivity index (χ2n) is 7.43. The summed E-state index contributed by atoms with van der Waals surface area (Å²) in [5, 5.41) is 5.85. The van der Waals surface area contributed by atoms with Gasteiger partial charge in [0.25, 0.3) is 11.5 Å². The van der Waals surface area contributed by atoms with Gasteiger partial charge in [-0.2, -0.15) is 0 Å². The molecule has 1 amide bonds. The van der Waals surface area contributed by atoms with Crippen LogP contribution >= 0.6 is 0 Å². The summed E-state index contributed by atoms with van der Waals surface area (Å²) in [7, 11) is -2.99. The SMILES string of the molecule is CS(=O)(=O)CCNCc1ccc2nc(CNC(=O)c3cc(=O)n4ccccc4n3)cn2c1. The molecule has 0 unspecified atom stereocenters. The van der Waals surface area contributed by atoms with Crippen LogP contribution in [0.5, 0.6) is 0 Å². The van der Waals surface area contributed by atoms with Gasteiger partial charge in [0.2, 0.25) is 0 Å². The number of carbonyl (C=O) groups excluding carboxylic acids is 1. The number of sulfone groups is 1. The number of carbonyl (C=O) groups is 1. The number of hydrogen-bond acceptors (Lipinski definition) is 7. The summed E-state index contributed by atoms with van der Waals surface area (Å²) in [5.41, 5.74) is 2.46. The molecule has 0 aliphatic rings. The van der Waals surface area contributed by atoms with E-state index in [1.54, 1.807) is 30.6 Å². The van der Waals surface area contributed by atoms with Gasteiger partial charge in [0, 0.05) is 44.0 Å². The van der Waals surface area contributed by atoms with Gasteiger partial charge in [0.1, 0.15) is 26.8 Å². The van der Waals surface area contributed by atoms with Crippen molar-refractivity contribution in [1.82, 2.24) is 29.4 Å². The van der Waals surface area contributed by atoms with Crippen LogP contribution in [0.2, 0.25) is 0 Å². The van der Waals surface area contributed by atoms with Gasteiger partial charge < -0.3 is 15.0 Å². The fourth-order valence-electron chi connectivity index (χ4n) is 3.20. The van der Waals surface area contributed by atoms with Crippen LogP contribution in [0.25, 0.3) is 11.3 Å². The Hall–Kier alpha value is -3.57. The minimum absolute atomic E-state index is 0.0485. The summed E-state index contributed by atoms with van der Waals surface area (Å²) in [6, 6.07) is 10.1. The van der Waals surface area contributed by atoms with Crippen LogP contribution in [0.3, 0.4) is 0 Å². The van der Waals surface area contributed by atoms with Gasteiger partial charge in [-0.15, -0.1) is 0 Å². The van der Waals surface area contributed by atoms with Crippen molar-refractivity contribution in [3.8, 4) is 0 Å². The Bertz CT molecular complexity index is 1460. The number of nitrogens with zero attached hydrogens (tertiary/aromatic N) is 4. The van der Waals surface area contributed by atoms with Crippen LogP contribution in [-0.2, 0) is 22.9 Å². The number of nitrogens with one attached hydrogen (secondary N) is 2. The Kier molecular flexibility index (Phi) is 6.01. The zero-order valence-electron chi connectivity index (χ0n) is 17.4. The molecule has 0 aromatic carbocycles. The van der Waals surface area contributed by atoms with Gasteiger partial charge in [-0.05, 0) is 23.8 Å². The molecule has 166 valence electrons. The summed E-state index contributed by atoms with van der Waals surface area (Å²) in [4.78, 5) is 33.4. The van der Waals surface area contributed by atoms with Crippen molar-refractivity contribution in [3.63, 3.8) is 0 Å². The van der Waals surface area contributed by atoms with Crippen molar-refractivity contribution in [2.75, 3.05) is 18.6 Å². The minimum Gasteiger partial charge on any atom is -0.345 e. The first-order valence-electron chi connectivity index (χ1n) is 9.90. The molecular formula is C21H22N6O4S. The van der Waals surface area contributed by atoms with E-state index in [0.29, 0.717) is 24.4 Å². The molecule has 0 radical (unpaired) electrons. The zero-order valence-corrected chi connectivity index (χ0v) is 18.2. The molecule has 0 saturated carbocycles. The molecule has 32 heavy (non-hydrogen) atoms. The highest BCUT2D eigenvalue weighted by Crippen LogP contribution is 2.08. The third-order valence-corrected chi connectivity index (χ3v) is 5.72. The van der Waals surface area contributed by atoms with Crippen molar-refractivity contribution in [2.24, 2.45) is 0 Å². The van der Waals surface area contributed by atoms with Gasteiger partial charge >= 0.3 is 0 Å². The molecule has 0 aliphatic heterocycles. The third-order valence-electron chi connectivity index (χ3n) is 4.77. The van der Waals surface area contributed by atoms with E-state index in [9.17, 15) is 18.0 Å². The molecule has 0 saturated heterocycles. The maximum absolute atomic E-state index is 12.5. The number of pyridine rings is 2. The number of aromatic nitrogens is 4. The van der Waals surface area contributed by atoms with Crippen LogP contribution in [-0.4, -0.2) is 51.6 Å². The molecule has 2 N–H and O–H groups in total. The van der Waals surface area contributed by atoms with E-state index in [1.165, 1.54) is 16.7 Å². The summed E-state index contributed by atoms with van der Waals surface area (Å²) >= 11 is 0. The molecule has 11 heteroatoms. The molecule has 0 fully saturated rings. The first-order chi connectivity index (χ1) is 15.3. The van der Waals surface area contributed by atoms with E-state index < -0.39 is 15.7 Å². The lowest BCUT2D eigenvalue weighted by molar-refractivity contribution is 0.0945. The Morgan fingerprint density at radius 3 is 2.72 bits per heavy atom. The molecule has 0 spiro atoms. The second kappa shape index (κ2) is 8.89. The average Bonchev–Trinajstić information content (AvgIpc) is 3.16. The molecule has 10 nitrogen and oxygen atoms in total. The zero-order chi connectivity index (χ0) is 22.7. The Morgan fingerprint density at radius 2 is 1.91 bits per heavy atom. The van der Waals surface area contributed by atoms with E-state index in [0.717, 1.165) is 11.2 Å². The minimum atomic E-state index is -2.99. The first kappa shape index (κ1) is 21.7. The van der Waals surface area contributed by atoms with Crippen LogP contribution in [0, 0.1) is 0 Å². The van der Waals surface area contributed by atoms with Crippen LogP contribution in [0.15, 0.2) is 59.8 Å². The van der Waals surface area contributed by atoms with Crippen molar-refractivity contribution in [3.05, 3.63) is 82.3 Å². The Balaban J connectivity index is 1.40. The lowest BCUT2D eigenvalue weighted by atomic mass is 10.3. The van der Waals surface area contributed by atoms with Gasteiger partial charge in [0.15, 0.2) is 0 Å². The number of fused-ring (bicyclic) bond motifs is 2. The Labute approximate surface area is 183 Å². The van der Waals surface area contributed by atoms with Gasteiger partial charge in [-0.3, -0.25) is 14.0 Å². The van der Waals surface area contributed by atoms with Crippen molar-refractivity contribution < 1.29 is 13.2 Å². The van der Waals surface area contributed by atoms with E-state index in [2.05, 4.69) is 20.6 Å². The second-order valence-corrected chi connectivity index (χ2v) is 9.69.